The molecule has 0 heterocycles. The Kier molecular flexibility index (Phi) is 6.80. The van der Waals surface area contributed by atoms with Gasteiger partial charge in [-0.3, -0.25) is 0 Å². The maximum Gasteiger partial charge on any atom is 0.193 e. The van der Waals surface area contributed by atoms with Crippen LogP contribution in [0.5, 0.6) is 0 Å². The van der Waals surface area contributed by atoms with Crippen LogP contribution in [0.3, 0.4) is 0 Å². The van der Waals surface area contributed by atoms with Crippen molar-refractivity contribution in [1.82, 2.24) is 0 Å². The average Bonchev–Trinajstić information content (AvgIpc) is 2.02. The van der Waals surface area contributed by atoms with Crippen molar-refractivity contribution in [1.29, 1.82) is 0 Å². The Labute approximate surface area is 110 Å². The summed E-state index contributed by atoms with van der Waals surface area (Å²) in [6, 6.07) is 4.39. The molecule has 0 aromatic heterocycles. The van der Waals surface area contributed by atoms with E-state index in [2.05, 4.69) is 86.2 Å². The highest BCUT2D eigenvalue weighted by molar-refractivity contribution is 14.3. The fourth-order valence-corrected chi connectivity index (χ4v) is 25.4. The summed E-state index contributed by atoms with van der Waals surface area (Å²) in [6.45, 7) is 7.14. The van der Waals surface area contributed by atoms with Crippen molar-refractivity contribution >= 4 is 73.1 Å². The normalized spacial score (nSPS) is 13.6. The molecule has 0 aliphatic rings. The van der Waals surface area contributed by atoms with Crippen LogP contribution in [0.1, 0.15) is 20.8 Å². The molecule has 0 aliphatic heterocycles. The highest BCUT2D eigenvalue weighted by Crippen LogP contribution is 2.44. The molecule has 0 bridgehead atoms. The first kappa shape index (κ1) is 13.6. The van der Waals surface area contributed by atoms with Crippen LogP contribution in [0.25, 0.3) is 0 Å². The van der Waals surface area contributed by atoms with Crippen molar-refractivity contribution in [2.45, 2.75) is 38.9 Å². The summed E-state index contributed by atoms with van der Waals surface area (Å²) < 4.78 is -0.865. The Morgan fingerprint density at radius 2 is 1.18 bits per heavy atom. The van der Waals surface area contributed by atoms with E-state index in [1.165, 1.54) is 18.1 Å². The second kappa shape index (κ2) is 5.49. The Morgan fingerprint density at radius 3 is 1.27 bits per heavy atom. The van der Waals surface area contributed by atoms with Crippen molar-refractivity contribution < 1.29 is 0 Å². The molecule has 0 saturated heterocycles. The second-order valence-corrected chi connectivity index (χ2v) is 46.2. The fourth-order valence-electron chi connectivity index (χ4n) is 1.08. The third-order valence-corrected chi connectivity index (χ3v) is 68.4. The maximum atomic E-state index is 2.83. The summed E-state index contributed by atoms with van der Waals surface area (Å²) >= 11 is 8.43. The molecule has 0 spiro atoms. The summed E-state index contributed by atoms with van der Waals surface area (Å²) in [5.41, 5.74) is 0. The third-order valence-electron chi connectivity index (χ3n) is 2.22. The minimum absolute atomic E-state index is 0.843. The van der Waals surface area contributed by atoms with Gasteiger partial charge in [0.25, 0.3) is 0 Å². The van der Waals surface area contributed by atoms with E-state index in [1.807, 2.05) is 0 Å². The van der Waals surface area contributed by atoms with E-state index in [0.29, 0.717) is 0 Å². The number of halogens is 3. The quantitative estimate of drug-likeness (QED) is 0.282. The predicted molar refractivity (Wildman–Crippen MR) is 85.0 cm³/mol. The number of hydrogen-bond donors (Lipinski definition) is 0. The molecule has 0 amide bonds. The molecule has 5 heteroatoms. The molecular weight excluding hydrogens is 509 g/mol. The predicted octanol–water partition coefficient (Wildman–Crippen LogP) is 4.82. The van der Waals surface area contributed by atoms with E-state index < -0.39 is 7.67 Å². The van der Waals surface area contributed by atoms with Gasteiger partial charge in [0.05, 0.1) is 0 Å². The molecule has 68 valence electrons. The van der Waals surface area contributed by atoms with E-state index in [1.54, 1.807) is 0 Å². The summed E-state index contributed by atoms with van der Waals surface area (Å²) in [5.74, 6) is 0. The Morgan fingerprint density at radius 1 is 0.818 bits per heavy atom. The van der Waals surface area contributed by atoms with Gasteiger partial charge < -0.3 is 0 Å². The molecule has 0 nitrogen and oxygen atoms in total. The molecule has 0 radical (unpaired) electrons. The molecule has 0 aromatic carbocycles. The van der Waals surface area contributed by atoms with Gasteiger partial charge in [0, 0.05) is 0 Å². The smallest absolute Gasteiger partial charge is 0.120 e. The van der Waals surface area contributed by atoms with E-state index in [9.17, 15) is 0 Å². The molecule has 0 fully saturated rings. The minimum atomic E-state index is -0.865. The van der Waals surface area contributed by atoms with Crippen LogP contribution in [0, 0.1) is 0 Å². The largest absolute Gasteiger partial charge is 0.193 e. The van der Waals surface area contributed by atoms with Gasteiger partial charge in [-0.1, -0.05) is 32.9 Å². The van der Waals surface area contributed by atoms with Gasteiger partial charge >= 0.3 is 0 Å². The van der Waals surface area contributed by atoms with Gasteiger partial charge in [-0.05, 0) is 6.04 Å². The van der Waals surface area contributed by atoms with E-state index in [0.717, 1.165) is 0 Å². The Bertz CT molecular complexity index is 123. The van der Waals surface area contributed by atoms with E-state index in [4.69, 9.17) is 0 Å². The van der Waals surface area contributed by atoms with Gasteiger partial charge in [-0.15, -0.1) is 65.4 Å². The lowest BCUT2D eigenvalue weighted by Gasteiger charge is -2.33. The zero-order valence-corrected chi connectivity index (χ0v) is 15.7. The second-order valence-electron chi connectivity index (χ2n) is 2.73. The molecule has 0 aromatic rings. The van der Waals surface area contributed by atoms with Crippen LogP contribution >= 0.6 is 65.4 Å². The molecule has 0 rings (SSSR count). The Hall–Kier alpha value is 2.62. The molecule has 11 heavy (non-hydrogen) atoms. The zero-order chi connectivity index (χ0) is 9.12. The molecule has 0 saturated carbocycles. The lowest BCUT2D eigenvalue weighted by atomic mass is 11.0. The average molecular weight is 524 g/mol. The van der Waals surface area contributed by atoms with Crippen LogP contribution in [-0.4, -0.2) is 7.67 Å². The van der Waals surface area contributed by atoms with Crippen molar-refractivity contribution in [3.05, 3.63) is 0 Å². The lowest BCUT2D eigenvalue weighted by molar-refractivity contribution is 1.33. The first-order valence-electron chi connectivity index (χ1n) is 4.00. The van der Waals surface area contributed by atoms with E-state index >= 15 is 0 Å². The topological polar surface area (TPSA) is 0 Å². The van der Waals surface area contributed by atoms with Crippen molar-refractivity contribution in [2.24, 2.45) is 0 Å². The number of hydrogen-bond acceptors (Lipinski definition) is 0. The van der Waals surface area contributed by atoms with Crippen molar-refractivity contribution in [2.75, 3.05) is 0 Å². The lowest BCUT2D eigenvalue weighted by Crippen LogP contribution is -2.48. The molecule has 0 atom stereocenters. The molecule has 0 unspecified atom stereocenters. The standard InChI is InChI=1S/C6H15I3Si2/c1-4-10(7,5-2)11(8,9)6-3/h4-6H2,1-3H3. The van der Waals surface area contributed by atoms with Crippen LogP contribution < -0.4 is 0 Å². The van der Waals surface area contributed by atoms with Crippen LogP contribution in [0.15, 0.2) is 0 Å². The SMILES string of the molecule is CC[Si](I)(I)[Si](I)(CC)CC. The first-order chi connectivity index (χ1) is 4.93. The molecule has 0 N–H and O–H groups in total. The van der Waals surface area contributed by atoms with Gasteiger partial charge in [0.1, 0.15) is 5.09 Å². The molecule has 0 aliphatic carbocycles. The fraction of sp³-hybridized carbons (Fsp3) is 1.00. The van der Waals surface area contributed by atoms with Gasteiger partial charge in [-0.2, -0.15) is 0 Å². The van der Waals surface area contributed by atoms with Gasteiger partial charge in [-0.25, -0.2) is 0 Å². The van der Waals surface area contributed by atoms with Crippen LogP contribution in [0.4, 0.5) is 0 Å². The highest BCUT2D eigenvalue weighted by Gasteiger charge is 2.46. The molecular formula is C6H15I3Si2. The van der Waals surface area contributed by atoms with Crippen LogP contribution in [0.2, 0.25) is 18.1 Å². The summed E-state index contributed by atoms with van der Waals surface area (Å²) in [6.07, 6.45) is 0. The summed E-state index contributed by atoms with van der Waals surface area (Å²) in [4.78, 5) is 0. The van der Waals surface area contributed by atoms with Crippen molar-refractivity contribution in [3.8, 4) is 0 Å². The van der Waals surface area contributed by atoms with Crippen molar-refractivity contribution in [3.63, 3.8) is 0 Å². The summed E-state index contributed by atoms with van der Waals surface area (Å²) in [5, 5.41) is -0.843. The van der Waals surface area contributed by atoms with Gasteiger partial charge in [0.15, 0.2) is 2.58 Å². The first-order valence-corrected chi connectivity index (χ1v) is 19.0. The van der Waals surface area contributed by atoms with Crippen LogP contribution in [-0.2, 0) is 0 Å². The Balaban J connectivity index is 4.47. The monoisotopic (exact) mass is 524 g/mol. The summed E-state index contributed by atoms with van der Waals surface area (Å²) in [7, 11) is 0. The highest BCUT2D eigenvalue weighted by atomic mass is 127. The van der Waals surface area contributed by atoms with Gasteiger partial charge in [0.2, 0.25) is 0 Å². The zero-order valence-electron chi connectivity index (χ0n) is 7.26. The minimum Gasteiger partial charge on any atom is -0.120 e. The number of rotatable bonds is 4. The maximum absolute atomic E-state index is 2.83. The van der Waals surface area contributed by atoms with E-state index in [-0.39, 0.29) is 0 Å². The third kappa shape index (κ3) is 3.35.